The van der Waals surface area contributed by atoms with E-state index >= 15 is 0 Å². The van der Waals surface area contributed by atoms with Crippen LogP contribution in [0.4, 0.5) is 4.39 Å². The van der Waals surface area contributed by atoms with Crippen LogP contribution in [0, 0.1) is 18.7 Å². The summed E-state index contributed by atoms with van der Waals surface area (Å²) < 4.78 is 13.3. The summed E-state index contributed by atoms with van der Waals surface area (Å²) in [6.07, 6.45) is 0. The van der Waals surface area contributed by atoms with Gasteiger partial charge in [-0.3, -0.25) is 4.90 Å². The van der Waals surface area contributed by atoms with Crippen molar-refractivity contribution in [2.75, 3.05) is 19.6 Å². The lowest BCUT2D eigenvalue weighted by molar-refractivity contribution is 0.317. The van der Waals surface area contributed by atoms with Crippen LogP contribution in [-0.4, -0.2) is 24.5 Å². The molecule has 116 valence electrons. The van der Waals surface area contributed by atoms with Crippen LogP contribution in [-0.2, 0) is 6.54 Å². The van der Waals surface area contributed by atoms with E-state index in [1.165, 1.54) is 11.1 Å². The highest BCUT2D eigenvalue weighted by molar-refractivity contribution is 5.32. The van der Waals surface area contributed by atoms with E-state index < -0.39 is 0 Å². The van der Waals surface area contributed by atoms with Gasteiger partial charge >= 0.3 is 0 Å². The Morgan fingerprint density at radius 2 is 1.91 bits per heavy atom. The molecule has 0 radical (unpaired) electrons. The molecule has 0 spiro atoms. The first-order valence-corrected chi connectivity index (χ1v) is 7.89. The van der Waals surface area contributed by atoms with E-state index in [2.05, 4.69) is 29.2 Å². The summed E-state index contributed by atoms with van der Waals surface area (Å²) in [5.74, 6) is 0.673. The molecular formula is C19H23FN2. The fraction of sp³-hybridized carbons (Fsp3) is 0.368. The van der Waals surface area contributed by atoms with Gasteiger partial charge in [0.1, 0.15) is 5.82 Å². The van der Waals surface area contributed by atoms with Crippen LogP contribution in [0.3, 0.4) is 0 Å². The van der Waals surface area contributed by atoms with Crippen LogP contribution in [0.2, 0.25) is 0 Å². The maximum Gasteiger partial charge on any atom is 0.123 e. The molecule has 1 saturated heterocycles. The first kappa shape index (κ1) is 15.2. The van der Waals surface area contributed by atoms with Gasteiger partial charge in [0.25, 0.3) is 0 Å². The topological polar surface area (TPSA) is 29.3 Å². The van der Waals surface area contributed by atoms with Gasteiger partial charge in [-0.25, -0.2) is 4.39 Å². The van der Waals surface area contributed by atoms with Gasteiger partial charge < -0.3 is 5.73 Å². The predicted octanol–water partition coefficient (Wildman–Crippen LogP) is 3.31. The van der Waals surface area contributed by atoms with Crippen molar-refractivity contribution in [3.8, 4) is 0 Å². The first-order valence-electron chi connectivity index (χ1n) is 7.89. The number of aryl methyl sites for hydroxylation is 1. The van der Waals surface area contributed by atoms with E-state index in [4.69, 9.17) is 5.73 Å². The number of nitrogens with two attached hydrogens (primary N) is 1. The predicted molar refractivity (Wildman–Crippen MR) is 88.1 cm³/mol. The molecule has 0 aliphatic carbocycles. The van der Waals surface area contributed by atoms with E-state index in [1.807, 2.05) is 19.1 Å². The van der Waals surface area contributed by atoms with Crippen molar-refractivity contribution in [3.05, 3.63) is 71.0 Å². The minimum Gasteiger partial charge on any atom is -0.330 e. The minimum atomic E-state index is -0.162. The average Bonchev–Trinajstić information content (AvgIpc) is 2.91. The van der Waals surface area contributed by atoms with Gasteiger partial charge in [-0.1, -0.05) is 36.4 Å². The second-order valence-corrected chi connectivity index (χ2v) is 6.28. The standard InChI is InChI=1S/C19H23FN2/c1-14-9-17(20)7-8-18(14)19-13-22(12-16(19)10-21)11-15-5-3-2-4-6-15/h2-9,16,19H,10-13,21H2,1H3/t16-,19+/m0/s1. The van der Waals surface area contributed by atoms with Crippen molar-refractivity contribution < 1.29 is 4.39 Å². The number of benzene rings is 2. The number of hydrogen-bond acceptors (Lipinski definition) is 2. The third-order valence-electron chi connectivity index (χ3n) is 4.70. The SMILES string of the molecule is Cc1cc(F)ccc1[C@@H]1CN(Cc2ccccc2)C[C@@H]1CN. The van der Waals surface area contributed by atoms with Crippen LogP contribution in [0.1, 0.15) is 22.6 Å². The van der Waals surface area contributed by atoms with Crippen molar-refractivity contribution in [1.29, 1.82) is 0 Å². The third-order valence-corrected chi connectivity index (χ3v) is 4.70. The summed E-state index contributed by atoms with van der Waals surface area (Å²) in [6, 6.07) is 15.6. The Kier molecular flexibility index (Phi) is 4.55. The molecule has 3 heteroatoms. The molecule has 3 rings (SSSR count). The largest absolute Gasteiger partial charge is 0.330 e. The molecule has 1 aliphatic rings. The van der Waals surface area contributed by atoms with Crippen LogP contribution in [0.25, 0.3) is 0 Å². The first-order chi connectivity index (χ1) is 10.7. The highest BCUT2D eigenvalue weighted by Crippen LogP contribution is 2.34. The van der Waals surface area contributed by atoms with Gasteiger partial charge in [0.05, 0.1) is 0 Å². The number of rotatable bonds is 4. The van der Waals surface area contributed by atoms with Gasteiger partial charge in [-0.2, -0.15) is 0 Å². The Morgan fingerprint density at radius 3 is 2.59 bits per heavy atom. The monoisotopic (exact) mass is 298 g/mol. The molecule has 0 amide bonds. The molecule has 2 nitrogen and oxygen atoms in total. The average molecular weight is 298 g/mol. The fourth-order valence-electron chi connectivity index (χ4n) is 3.58. The van der Waals surface area contributed by atoms with Crippen LogP contribution in [0.5, 0.6) is 0 Å². The third kappa shape index (κ3) is 3.21. The maximum absolute atomic E-state index is 13.3. The zero-order valence-corrected chi connectivity index (χ0v) is 13.0. The Hall–Kier alpha value is -1.71. The van der Waals surface area contributed by atoms with E-state index in [0.29, 0.717) is 18.4 Å². The van der Waals surface area contributed by atoms with Gasteiger partial charge in [0.2, 0.25) is 0 Å². The summed E-state index contributed by atoms with van der Waals surface area (Å²) >= 11 is 0. The van der Waals surface area contributed by atoms with Crippen molar-refractivity contribution >= 4 is 0 Å². The number of likely N-dealkylation sites (tertiary alicyclic amines) is 1. The lowest BCUT2D eigenvalue weighted by atomic mass is 9.86. The Balaban J connectivity index is 1.77. The lowest BCUT2D eigenvalue weighted by Crippen LogP contribution is -2.23. The summed E-state index contributed by atoms with van der Waals surface area (Å²) in [4.78, 5) is 2.46. The highest BCUT2D eigenvalue weighted by Gasteiger charge is 2.33. The molecule has 0 bridgehead atoms. The molecule has 2 aromatic carbocycles. The number of hydrogen-bond donors (Lipinski definition) is 1. The second-order valence-electron chi connectivity index (χ2n) is 6.28. The summed E-state index contributed by atoms with van der Waals surface area (Å²) in [5.41, 5.74) is 9.60. The van der Waals surface area contributed by atoms with Gasteiger partial charge in [0.15, 0.2) is 0 Å². The maximum atomic E-state index is 13.3. The molecule has 2 N–H and O–H groups in total. The summed E-state index contributed by atoms with van der Waals surface area (Å²) in [6.45, 7) is 5.61. The van der Waals surface area contributed by atoms with Gasteiger partial charge in [-0.15, -0.1) is 0 Å². The van der Waals surface area contributed by atoms with E-state index in [9.17, 15) is 4.39 Å². The molecule has 2 atom stereocenters. The zero-order valence-electron chi connectivity index (χ0n) is 13.0. The zero-order chi connectivity index (χ0) is 15.5. The van der Waals surface area contributed by atoms with E-state index in [1.54, 1.807) is 12.1 Å². The molecule has 1 fully saturated rings. The minimum absolute atomic E-state index is 0.162. The molecule has 0 unspecified atom stereocenters. The normalized spacial score (nSPS) is 22.1. The van der Waals surface area contributed by atoms with Crippen LogP contribution in [0.15, 0.2) is 48.5 Å². The molecule has 0 aromatic heterocycles. The van der Waals surface area contributed by atoms with Crippen LogP contribution < -0.4 is 5.73 Å². The van der Waals surface area contributed by atoms with Crippen molar-refractivity contribution in [3.63, 3.8) is 0 Å². The summed E-state index contributed by atoms with van der Waals surface area (Å²) in [5, 5.41) is 0. The fourth-order valence-corrected chi connectivity index (χ4v) is 3.58. The Labute approximate surface area is 131 Å². The summed E-state index contributed by atoms with van der Waals surface area (Å²) in [7, 11) is 0. The molecule has 0 saturated carbocycles. The molecule has 1 aliphatic heterocycles. The molecular weight excluding hydrogens is 275 g/mol. The second kappa shape index (κ2) is 6.59. The lowest BCUT2D eigenvalue weighted by Gasteiger charge is -2.19. The van der Waals surface area contributed by atoms with Gasteiger partial charge in [-0.05, 0) is 48.2 Å². The van der Waals surface area contributed by atoms with Crippen molar-refractivity contribution in [2.24, 2.45) is 11.7 Å². The van der Waals surface area contributed by atoms with E-state index in [-0.39, 0.29) is 5.82 Å². The van der Waals surface area contributed by atoms with Crippen molar-refractivity contribution in [2.45, 2.75) is 19.4 Å². The molecule has 2 aromatic rings. The Morgan fingerprint density at radius 1 is 1.14 bits per heavy atom. The van der Waals surface area contributed by atoms with Gasteiger partial charge in [0, 0.05) is 25.6 Å². The smallest absolute Gasteiger partial charge is 0.123 e. The Bertz CT molecular complexity index is 627. The number of nitrogens with zero attached hydrogens (tertiary/aromatic N) is 1. The van der Waals surface area contributed by atoms with Crippen LogP contribution >= 0.6 is 0 Å². The van der Waals surface area contributed by atoms with E-state index in [0.717, 1.165) is 25.2 Å². The van der Waals surface area contributed by atoms with Crippen molar-refractivity contribution in [1.82, 2.24) is 4.90 Å². The molecule has 1 heterocycles. The quantitative estimate of drug-likeness (QED) is 0.938. The molecule has 22 heavy (non-hydrogen) atoms. The number of halogens is 1. The highest BCUT2D eigenvalue weighted by atomic mass is 19.1.